The summed E-state index contributed by atoms with van der Waals surface area (Å²) in [5, 5.41) is 0. The van der Waals surface area contributed by atoms with E-state index in [0.717, 1.165) is 28.2 Å². The molecule has 69 heavy (non-hydrogen) atoms. The maximum Gasteiger partial charge on any atom is 0.0728 e. The number of hydrogen-bond donors (Lipinski definition) is 0. The Morgan fingerprint density at radius 1 is 0.232 bits per heavy atom. The van der Waals surface area contributed by atoms with Gasteiger partial charge in [0.05, 0.1) is 16.5 Å². The SMILES string of the molecule is c1ccc(-c2ccc(N(c3cc(-c4ccccc4)cc(-c4ccccc4)c3)c3ccccc3C3(c4ccccc4)c4ccccc4C4(c5ccccc5)c5ccccc5-c5cccc3c54)cc2)cc1. The van der Waals surface area contributed by atoms with Crippen LogP contribution < -0.4 is 4.90 Å². The van der Waals surface area contributed by atoms with Crippen LogP contribution in [0.15, 0.2) is 285 Å². The summed E-state index contributed by atoms with van der Waals surface area (Å²) in [6.45, 7) is 0. The lowest BCUT2D eigenvalue weighted by atomic mass is 9.51. The van der Waals surface area contributed by atoms with E-state index in [0.29, 0.717) is 0 Å². The van der Waals surface area contributed by atoms with Gasteiger partial charge in [-0.15, -0.1) is 0 Å². The highest BCUT2D eigenvalue weighted by molar-refractivity contribution is 5.94. The summed E-state index contributed by atoms with van der Waals surface area (Å²) in [5.41, 5.74) is 21.8. The first kappa shape index (κ1) is 40.5. The molecule has 0 aromatic heterocycles. The molecule has 1 heteroatoms. The summed E-state index contributed by atoms with van der Waals surface area (Å²) in [6, 6.07) is 106. The van der Waals surface area contributed by atoms with Crippen LogP contribution in [0.25, 0.3) is 44.5 Å². The van der Waals surface area contributed by atoms with Gasteiger partial charge in [0, 0.05) is 11.4 Å². The standard InChI is InChI=1S/C68H47N/c1-6-23-48(24-7-1)51-41-43-56(44-42-51)69(57-46-52(49-25-8-2-9-26-49)45-53(47-57)50-27-10-3-11-28-50)65-40-21-20-38-63(65)67(54-29-12-4-13-30-54)61-36-18-19-37-62(61)68(55-31-14-5-15-32-55)60-35-17-16-33-58(60)59-34-22-39-64(67)66(59)68/h1-47H. The molecule has 11 aromatic rings. The van der Waals surface area contributed by atoms with Crippen LogP contribution in [0.3, 0.4) is 0 Å². The number of benzene rings is 11. The van der Waals surface area contributed by atoms with Crippen molar-refractivity contribution < 1.29 is 0 Å². The van der Waals surface area contributed by atoms with Crippen LogP contribution in [0, 0.1) is 0 Å². The van der Waals surface area contributed by atoms with E-state index in [-0.39, 0.29) is 0 Å². The molecule has 0 saturated carbocycles. The lowest BCUT2D eigenvalue weighted by molar-refractivity contribution is 0.627. The molecule has 13 rings (SSSR count). The third-order valence-corrected chi connectivity index (χ3v) is 14.8. The number of anilines is 3. The fourth-order valence-corrected chi connectivity index (χ4v) is 12.0. The third kappa shape index (κ3) is 6.24. The maximum absolute atomic E-state index is 2.52. The van der Waals surface area contributed by atoms with Gasteiger partial charge >= 0.3 is 0 Å². The molecule has 0 bridgehead atoms. The van der Waals surface area contributed by atoms with Gasteiger partial charge in [-0.05, 0) is 125 Å². The molecule has 0 heterocycles. The second-order valence-corrected chi connectivity index (χ2v) is 18.3. The van der Waals surface area contributed by atoms with E-state index in [9.17, 15) is 0 Å². The molecule has 324 valence electrons. The maximum atomic E-state index is 2.52. The van der Waals surface area contributed by atoms with E-state index >= 15 is 0 Å². The zero-order valence-corrected chi connectivity index (χ0v) is 38.1. The van der Waals surface area contributed by atoms with Gasteiger partial charge in [0.25, 0.3) is 0 Å². The van der Waals surface area contributed by atoms with Crippen molar-refractivity contribution in [3.63, 3.8) is 0 Å². The van der Waals surface area contributed by atoms with Crippen LogP contribution >= 0.6 is 0 Å². The van der Waals surface area contributed by atoms with Crippen LogP contribution in [0.4, 0.5) is 17.1 Å². The van der Waals surface area contributed by atoms with E-state index in [1.165, 1.54) is 77.9 Å². The Kier molecular flexibility index (Phi) is 9.70. The van der Waals surface area contributed by atoms with Crippen LogP contribution in [0.2, 0.25) is 0 Å². The van der Waals surface area contributed by atoms with E-state index in [1.807, 2.05) is 0 Å². The van der Waals surface area contributed by atoms with Crippen molar-refractivity contribution in [2.24, 2.45) is 0 Å². The lowest BCUT2D eigenvalue weighted by Crippen LogP contribution is -2.44. The highest BCUT2D eigenvalue weighted by atomic mass is 15.1. The number of hydrogen-bond acceptors (Lipinski definition) is 1. The first-order valence-corrected chi connectivity index (χ1v) is 24.0. The molecular formula is C68H47N. The van der Waals surface area contributed by atoms with Crippen molar-refractivity contribution in [2.75, 3.05) is 4.90 Å². The van der Waals surface area contributed by atoms with Crippen LogP contribution in [0.5, 0.6) is 0 Å². The highest BCUT2D eigenvalue weighted by Crippen LogP contribution is 2.66. The smallest absolute Gasteiger partial charge is 0.0728 e. The molecule has 0 radical (unpaired) electrons. The molecule has 0 fully saturated rings. The number of nitrogens with zero attached hydrogens (tertiary/aromatic N) is 1. The second-order valence-electron chi connectivity index (χ2n) is 18.3. The summed E-state index contributed by atoms with van der Waals surface area (Å²) in [5.74, 6) is 0. The Hall–Kier alpha value is -8.78. The third-order valence-electron chi connectivity index (χ3n) is 14.8. The van der Waals surface area contributed by atoms with Gasteiger partial charge in [-0.2, -0.15) is 0 Å². The van der Waals surface area contributed by atoms with Crippen LogP contribution in [-0.4, -0.2) is 0 Å². The quantitative estimate of drug-likeness (QED) is 0.140. The van der Waals surface area contributed by atoms with E-state index in [2.05, 4.69) is 290 Å². The fourth-order valence-electron chi connectivity index (χ4n) is 12.0. The van der Waals surface area contributed by atoms with Crippen molar-refractivity contribution >= 4 is 17.1 Å². The Morgan fingerprint density at radius 3 is 1.22 bits per heavy atom. The van der Waals surface area contributed by atoms with Gasteiger partial charge in [-0.1, -0.05) is 249 Å². The highest BCUT2D eigenvalue weighted by Gasteiger charge is 2.58. The molecule has 11 aromatic carbocycles. The summed E-state index contributed by atoms with van der Waals surface area (Å²) in [4.78, 5) is 2.52. The Balaban J connectivity index is 1.15. The molecule has 2 aliphatic rings. The number of para-hydroxylation sites is 1. The molecule has 2 aliphatic carbocycles. The molecule has 0 aliphatic heterocycles. The topological polar surface area (TPSA) is 3.24 Å². The predicted octanol–water partition coefficient (Wildman–Crippen LogP) is 17.2. The molecule has 0 saturated heterocycles. The van der Waals surface area contributed by atoms with Gasteiger partial charge in [0.15, 0.2) is 0 Å². The normalized spacial score (nSPS) is 16.2. The van der Waals surface area contributed by atoms with Gasteiger partial charge in [-0.25, -0.2) is 0 Å². The van der Waals surface area contributed by atoms with E-state index in [1.54, 1.807) is 0 Å². The van der Waals surface area contributed by atoms with Crippen molar-refractivity contribution in [1.82, 2.24) is 0 Å². The number of rotatable bonds is 9. The predicted molar refractivity (Wildman–Crippen MR) is 287 cm³/mol. The minimum absolute atomic E-state index is 0.546. The van der Waals surface area contributed by atoms with Crippen molar-refractivity contribution in [3.8, 4) is 44.5 Å². The minimum atomic E-state index is -0.762. The molecule has 1 nitrogen and oxygen atoms in total. The first-order valence-electron chi connectivity index (χ1n) is 24.0. The largest absolute Gasteiger partial charge is 0.310 e. The summed E-state index contributed by atoms with van der Waals surface area (Å²) in [6.07, 6.45) is 0. The van der Waals surface area contributed by atoms with Gasteiger partial charge in [-0.3, -0.25) is 0 Å². The van der Waals surface area contributed by atoms with Gasteiger partial charge in [0.2, 0.25) is 0 Å². The Labute approximate surface area is 404 Å². The van der Waals surface area contributed by atoms with Crippen molar-refractivity contribution in [2.45, 2.75) is 10.8 Å². The zero-order valence-electron chi connectivity index (χ0n) is 38.1. The van der Waals surface area contributed by atoms with E-state index in [4.69, 9.17) is 0 Å². The number of fused-ring (bicyclic) bond motifs is 5. The summed E-state index contributed by atoms with van der Waals surface area (Å²) >= 11 is 0. The molecular weight excluding hydrogens is 831 g/mol. The Bertz CT molecular complexity index is 3580. The molecule has 0 N–H and O–H groups in total. The zero-order chi connectivity index (χ0) is 45.8. The van der Waals surface area contributed by atoms with Crippen LogP contribution in [-0.2, 0) is 10.8 Å². The Morgan fingerprint density at radius 2 is 0.638 bits per heavy atom. The first-order chi connectivity index (χ1) is 34.2. The molecule has 2 atom stereocenters. The summed E-state index contributed by atoms with van der Waals surface area (Å²) < 4.78 is 0. The summed E-state index contributed by atoms with van der Waals surface area (Å²) in [7, 11) is 0. The molecule has 2 unspecified atom stereocenters. The van der Waals surface area contributed by atoms with Crippen LogP contribution in [0.1, 0.15) is 44.5 Å². The average Bonchev–Trinajstić information content (AvgIpc) is 3.75. The van der Waals surface area contributed by atoms with Gasteiger partial charge < -0.3 is 4.90 Å². The fraction of sp³-hybridized carbons (Fsp3) is 0.0294. The molecule has 0 amide bonds. The molecule has 0 spiro atoms. The van der Waals surface area contributed by atoms with Crippen molar-refractivity contribution in [3.05, 3.63) is 330 Å². The lowest BCUT2D eigenvalue weighted by Gasteiger charge is -2.50. The van der Waals surface area contributed by atoms with Crippen molar-refractivity contribution in [1.29, 1.82) is 0 Å². The van der Waals surface area contributed by atoms with Gasteiger partial charge in [0.1, 0.15) is 0 Å². The van der Waals surface area contributed by atoms with E-state index < -0.39 is 10.8 Å². The second kappa shape index (κ2) is 16.5. The monoisotopic (exact) mass is 877 g/mol. The average molecular weight is 878 g/mol. The minimum Gasteiger partial charge on any atom is -0.310 e.